The Hall–Kier alpha value is -2.61. The van der Waals surface area contributed by atoms with E-state index in [0.29, 0.717) is 23.2 Å². The van der Waals surface area contributed by atoms with Crippen LogP contribution in [0, 0.1) is 6.92 Å². The van der Waals surface area contributed by atoms with Gasteiger partial charge in [0.05, 0.1) is 6.20 Å². The van der Waals surface area contributed by atoms with Crippen LogP contribution >= 0.6 is 0 Å². The summed E-state index contributed by atoms with van der Waals surface area (Å²) in [5.41, 5.74) is 7.48. The van der Waals surface area contributed by atoms with Crippen molar-refractivity contribution in [3.8, 4) is 11.5 Å². The molecule has 0 saturated carbocycles. The highest BCUT2D eigenvalue weighted by Crippen LogP contribution is 2.20. The number of aromatic nitrogens is 6. The standard InChI is InChI=1S/C12H13N7O/c1-7-14-4-3-9(16-7)11-17-12(20-18-11)10(13)8-5-15-19(2)6-8/h3-6,10H,13H2,1-2H3. The summed E-state index contributed by atoms with van der Waals surface area (Å²) in [5.74, 6) is 1.36. The van der Waals surface area contributed by atoms with E-state index < -0.39 is 6.04 Å². The van der Waals surface area contributed by atoms with Crippen molar-refractivity contribution in [2.45, 2.75) is 13.0 Å². The Morgan fingerprint density at radius 3 is 2.90 bits per heavy atom. The fraction of sp³-hybridized carbons (Fsp3) is 0.250. The van der Waals surface area contributed by atoms with Crippen molar-refractivity contribution >= 4 is 0 Å². The molecule has 0 spiro atoms. The van der Waals surface area contributed by atoms with E-state index in [9.17, 15) is 0 Å². The zero-order valence-electron chi connectivity index (χ0n) is 11.1. The highest BCUT2D eigenvalue weighted by molar-refractivity contribution is 5.47. The molecule has 3 heterocycles. The molecule has 0 aliphatic heterocycles. The molecule has 102 valence electrons. The molecule has 0 aliphatic carbocycles. The van der Waals surface area contributed by atoms with Gasteiger partial charge in [-0.1, -0.05) is 5.16 Å². The minimum absolute atomic E-state index is 0.323. The van der Waals surface area contributed by atoms with Gasteiger partial charge in [0.15, 0.2) is 0 Å². The Labute approximate surface area is 114 Å². The van der Waals surface area contributed by atoms with Gasteiger partial charge in [-0.15, -0.1) is 0 Å². The predicted molar refractivity (Wildman–Crippen MR) is 69.3 cm³/mol. The third-order valence-electron chi connectivity index (χ3n) is 2.80. The van der Waals surface area contributed by atoms with Crippen LogP contribution in [0.1, 0.15) is 23.3 Å². The van der Waals surface area contributed by atoms with Gasteiger partial charge in [-0.2, -0.15) is 10.1 Å². The summed E-state index contributed by atoms with van der Waals surface area (Å²) in [7, 11) is 1.82. The number of rotatable bonds is 3. The first-order valence-electron chi connectivity index (χ1n) is 6.01. The summed E-state index contributed by atoms with van der Waals surface area (Å²) in [6, 6.07) is 1.21. The molecular formula is C12H13N7O. The van der Waals surface area contributed by atoms with Gasteiger partial charge in [0.25, 0.3) is 0 Å². The molecule has 0 saturated heterocycles. The summed E-state index contributed by atoms with van der Waals surface area (Å²) >= 11 is 0. The van der Waals surface area contributed by atoms with E-state index >= 15 is 0 Å². The maximum Gasteiger partial charge on any atom is 0.248 e. The van der Waals surface area contributed by atoms with E-state index in [1.807, 2.05) is 13.2 Å². The Balaban J connectivity index is 1.90. The zero-order valence-corrected chi connectivity index (χ0v) is 11.1. The van der Waals surface area contributed by atoms with Crippen molar-refractivity contribution < 1.29 is 4.52 Å². The van der Waals surface area contributed by atoms with Gasteiger partial charge in [-0.25, -0.2) is 9.97 Å². The number of aryl methyl sites for hydroxylation is 2. The zero-order chi connectivity index (χ0) is 14.1. The van der Waals surface area contributed by atoms with Crippen molar-refractivity contribution in [1.82, 2.24) is 29.9 Å². The minimum Gasteiger partial charge on any atom is -0.337 e. The van der Waals surface area contributed by atoms with Gasteiger partial charge < -0.3 is 10.3 Å². The van der Waals surface area contributed by atoms with Gasteiger partial charge in [0.2, 0.25) is 11.7 Å². The van der Waals surface area contributed by atoms with E-state index in [1.165, 1.54) is 0 Å². The van der Waals surface area contributed by atoms with Crippen LogP contribution in [0.2, 0.25) is 0 Å². The molecule has 1 unspecified atom stereocenters. The van der Waals surface area contributed by atoms with Gasteiger partial charge in [0, 0.05) is 25.0 Å². The molecule has 0 radical (unpaired) electrons. The normalized spacial score (nSPS) is 12.6. The maximum atomic E-state index is 6.07. The van der Waals surface area contributed by atoms with Crippen LogP contribution in [0.15, 0.2) is 29.2 Å². The minimum atomic E-state index is -0.507. The van der Waals surface area contributed by atoms with E-state index in [4.69, 9.17) is 10.3 Å². The molecule has 8 nitrogen and oxygen atoms in total. The van der Waals surface area contributed by atoms with Crippen LogP contribution in [0.25, 0.3) is 11.5 Å². The second-order valence-corrected chi connectivity index (χ2v) is 4.37. The van der Waals surface area contributed by atoms with Crippen LogP contribution in [0.5, 0.6) is 0 Å². The van der Waals surface area contributed by atoms with Crippen molar-refractivity contribution in [2.24, 2.45) is 12.8 Å². The fourth-order valence-electron chi connectivity index (χ4n) is 1.79. The average Bonchev–Trinajstić information content (AvgIpc) is 3.07. The molecule has 0 fully saturated rings. The molecule has 8 heteroatoms. The molecule has 3 rings (SSSR count). The summed E-state index contributed by atoms with van der Waals surface area (Å²) in [4.78, 5) is 12.5. The average molecular weight is 271 g/mol. The molecular weight excluding hydrogens is 258 g/mol. The lowest BCUT2D eigenvalue weighted by Crippen LogP contribution is -2.11. The first-order valence-corrected chi connectivity index (χ1v) is 6.01. The third-order valence-corrected chi connectivity index (χ3v) is 2.80. The van der Waals surface area contributed by atoms with Gasteiger partial charge in [0.1, 0.15) is 17.6 Å². The highest BCUT2D eigenvalue weighted by Gasteiger charge is 2.19. The first-order chi connectivity index (χ1) is 9.63. The summed E-state index contributed by atoms with van der Waals surface area (Å²) in [6.45, 7) is 1.80. The Bertz CT molecular complexity index is 733. The first kappa shape index (κ1) is 12.4. The molecule has 20 heavy (non-hydrogen) atoms. The van der Waals surface area contributed by atoms with E-state index in [0.717, 1.165) is 5.56 Å². The van der Waals surface area contributed by atoms with Crippen LogP contribution in [0.3, 0.4) is 0 Å². The monoisotopic (exact) mass is 271 g/mol. The van der Waals surface area contributed by atoms with Crippen LogP contribution in [-0.2, 0) is 7.05 Å². The largest absolute Gasteiger partial charge is 0.337 e. The molecule has 1 atom stereocenters. The van der Waals surface area contributed by atoms with Gasteiger partial charge in [-0.3, -0.25) is 4.68 Å². The molecule has 0 amide bonds. The smallest absolute Gasteiger partial charge is 0.248 e. The van der Waals surface area contributed by atoms with Gasteiger partial charge >= 0.3 is 0 Å². The predicted octanol–water partition coefficient (Wildman–Crippen LogP) is 0.617. The lowest BCUT2D eigenvalue weighted by atomic mass is 10.2. The molecule has 3 aromatic heterocycles. The Morgan fingerprint density at radius 1 is 1.35 bits per heavy atom. The number of hydrogen-bond donors (Lipinski definition) is 1. The Kier molecular flexibility index (Phi) is 2.99. The van der Waals surface area contributed by atoms with Crippen molar-refractivity contribution in [2.75, 3.05) is 0 Å². The third kappa shape index (κ3) is 2.28. The maximum absolute atomic E-state index is 6.07. The second-order valence-electron chi connectivity index (χ2n) is 4.37. The van der Waals surface area contributed by atoms with Gasteiger partial charge in [-0.05, 0) is 13.0 Å². The van der Waals surface area contributed by atoms with Crippen molar-refractivity contribution in [3.05, 3.63) is 41.9 Å². The fourth-order valence-corrected chi connectivity index (χ4v) is 1.79. The van der Waals surface area contributed by atoms with E-state index in [1.54, 1.807) is 30.1 Å². The molecule has 0 aromatic carbocycles. The molecule has 0 aliphatic rings. The molecule has 2 N–H and O–H groups in total. The molecule has 3 aromatic rings. The van der Waals surface area contributed by atoms with Crippen LogP contribution in [0.4, 0.5) is 0 Å². The number of nitrogens with zero attached hydrogens (tertiary/aromatic N) is 6. The van der Waals surface area contributed by atoms with Crippen LogP contribution < -0.4 is 5.73 Å². The van der Waals surface area contributed by atoms with Crippen molar-refractivity contribution in [3.63, 3.8) is 0 Å². The second kappa shape index (κ2) is 4.82. The summed E-state index contributed by atoms with van der Waals surface area (Å²) in [5, 5.41) is 7.96. The summed E-state index contributed by atoms with van der Waals surface area (Å²) < 4.78 is 6.87. The number of nitrogens with two attached hydrogens (primary N) is 1. The quantitative estimate of drug-likeness (QED) is 0.743. The highest BCUT2D eigenvalue weighted by atomic mass is 16.5. The van der Waals surface area contributed by atoms with E-state index in [-0.39, 0.29) is 0 Å². The van der Waals surface area contributed by atoms with Crippen LogP contribution in [-0.4, -0.2) is 29.9 Å². The van der Waals surface area contributed by atoms with Crippen molar-refractivity contribution in [1.29, 1.82) is 0 Å². The topological polar surface area (TPSA) is 109 Å². The SMILES string of the molecule is Cc1nccc(-c2noc(C(N)c3cnn(C)c3)n2)n1. The summed E-state index contributed by atoms with van der Waals surface area (Å²) in [6.07, 6.45) is 5.13. The lowest BCUT2D eigenvalue weighted by molar-refractivity contribution is 0.367. The number of hydrogen-bond acceptors (Lipinski definition) is 7. The Morgan fingerprint density at radius 2 is 2.20 bits per heavy atom. The lowest BCUT2D eigenvalue weighted by Gasteiger charge is -2.01. The van der Waals surface area contributed by atoms with E-state index in [2.05, 4.69) is 25.2 Å². The molecule has 0 bridgehead atoms.